The van der Waals surface area contributed by atoms with Crippen molar-refractivity contribution in [1.29, 1.82) is 0 Å². The van der Waals surface area contributed by atoms with Gasteiger partial charge in [-0.1, -0.05) is 25.4 Å². The van der Waals surface area contributed by atoms with Crippen LogP contribution < -0.4 is 5.73 Å². The van der Waals surface area contributed by atoms with Crippen LogP contribution in [0.5, 0.6) is 0 Å². The molecule has 3 N–H and O–H groups in total. The lowest BCUT2D eigenvalue weighted by atomic mass is 9.86. The number of hydrogen-bond donors (Lipinski definition) is 2. The third-order valence-corrected chi connectivity index (χ3v) is 4.22. The number of hydrogen-bond acceptors (Lipinski definition) is 4. The van der Waals surface area contributed by atoms with Gasteiger partial charge in [0.2, 0.25) is 0 Å². The van der Waals surface area contributed by atoms with Crippen LogP contribution in [0.15, 0.2) is 5.16 Å². The van der Waals surface area contributed by atoms with E-state index in [4.69, 9.17) is 15.7 Å². The van der Waals surface area contributed by atoms with Crippen molar-refractivity contribution in [3.8, 4) is 0 Å². The molecule has 1 fully saturated rings. The molecule has 5 nitrogen and oxygen atoms in total. The zero-order valence-corrected chi connectivity index (χ0v) is 13.3. The van der Waals surface area contributed by atoms with Gasteiger partial charge in [-0.3, -0.25) is 0 Å². The van der Waals surface area contributed by atoms with E-state index in [0.717, 1.165) is 45.6 Å². The van der Waals surface area contributed by atoms with Gasteiger partial charge in [0.15, 0.2) is 0 Å². The first-order chi connectivity index (χ1) is 9.45. The summed E-state index contributed by atoms with van der Waals surface area (Å²) in [5.74, 6) is 1.02. The predicted octanol–water partition coefficient (Wildman–Crippen LogP) is 2.29. The Labute approximate surface area is 123 Å². The van der Waals surface area contributed by atoms with E-state index in [9.17, 15) is 0 Å². The number of rotatable bonds is 8. The summed E-state index contributed by atoms with van der Waals surface area (Å²) in [6.45, 7) is 8.12. The minimum atomic E-state index is -0.218. The summed E-state index contributed by atoms with van der Waals surface area (Å²) < 4.78 is 5.51. The Morgan fingerprint density at radius 1 is 1.45 bits per heavy atom. The highest BCUT2D eigenvalue weighted by atomic mass is 16.5. The van der Waals surface area contributed by atoms with Gasteiger partial charge in [0.1, 0.15) is 5.84 Å². The third kappa shape index (κ3) is 6.09. The second kappa shape index (κ2) is 8.47. The molecule has 0 bridgehead atoms. The monoisotopic (exact) mass is 285 g/mol. The van der Waals surface area contributed by atoms with Crippen molar-refractivity contribution >= 4 is 5.84 Å². The van der Waals surface area contributed by atoms with Crippen LogP contribution >= 0.6 is 0 Å². The second-order valence-corrected chi connectivity index (χ2v) is 6.67. The lowest BCUT2D eigenvalue weighted by molar-refractivity contribution is 0.0418. The van der Waals surface area contributed by atoms with E-state index in [2.05, 4.69) is 17.1 Å². The molecule has 1 unspecified atom stereocenters. The predicted molar refractivity (Wildman–Crippen MR) is 82.1 cm³/mol. The highest BCUT2D eigenvalue weighted by molar-refractivity contribution is 5.85. The highest BCUT2D eigenvalue weighted by Crippen LogP contribution is 2.23. The standard InChI is InChI=1S/C15H31N3O2/c1-15(2,14(16)17-19)8-4-5-9-18(3)11-13-7-6-10-20-12-13/h13,19H,4-12H2,1-3H3,(H2,16,17). The van der Waals surface area contributed by atoms with Crippen LogP contribution in [0.1, 0.15) is 46.0 Å². The Morgan fingerprint density at radius 2 is 2.20 bits per heavy atom. The van der Waals surface area contributed by atoms with Gasteiger partial charge < -0.3 is 20.6 Å². The van der Waals surface area contributed by atoms with Crippen molar-refractivity contribution in [2.24, 2.45) is 22.2 Å². The topological polar surface area (TPSA) is 71.1 Å². The summed E-state index contributed by atoms with van der Waals surface area (Å²) in [4.78, 5) is 2.40. The molecule has 0 radical (unpaired) electrons. The Bertz CT molecular complexity index is 299. The molecule has 0 amide bonds. The molecular weight excluding hydrogens is 254 g/mol. The van der Waals surface area contributed by atoms with Crippen LogP contribution in [-0.4, -0.2) is 49.3 Å². The zero-order chi connectivity index (χ0) is 15.0. The van der Waals surface area contributed by atoms with Crippen molar-refractivity contribution in [2.75, 3.05) is 33.4 Å². The van der Waals surface area contributed by atoms with E-state index in [-0.39, 0.29) is 5.41 Å². The molecule has 1 saturated heterocycles. The SMILES string of the molecule is CN(CCCCC(C)(C)C(N)=NO)CC1CCCOC1. The smallest absolute Gasteiger partial charge is 0.144 e. The summed E-state index contributed by atoms with van der Waals surface area (Å²) in [6.07, 6.45) is 5.68. The normalized spacial score (nSPS) is 21.4. The van der Waals surface area contributed by atoms with E-state index < -0.39 is 0 Å². The average Bonchev–Trinajstić information content (AvgIpc) is 2.43. The molecule has 20 heavy (non-hydrogen) atoms. The van der Waals surface area contributed by atoms with Gasteiger partial charge in [0.25, 0.3) is 0 Å². The molecule has 5 heteroatoms. The van der Waals surface area contributed by atoms with Gasteiger partial charge in [0.05, 0.1) is 6.61 Å². The molecule has 0 saturated carbocycles. The van der Waals surface area contributed by atoms with Crippen molar-refractivity contribution in [1.82, 2.24) is 4.90 Å². The van der Waals surface area contributed by atoms with Gasteiger partial charge >= 0.3 is 0 Å². The minimum Gasteiger partial charge on any atom is -0.409 e. The Hall–Kier alpha value is -0.810. The van der Waals surface area contributed by atoms with Crippen molar-refractivity contribution < 1.29 is 9.94 Å². The maximum atomic E-state index is 8.74. The fraction of sp³-hybridized carbons (Fsp3) is 0.933. The fourth-order valence-corrected chi connectivity index (χ4v) is 2.70. The second-order valence-electron chi connectivity index (χ2n) is 6.67. The van der Waals surface area contributed by atoms with Crippen molar-refractivity contribution in [3.05, 3.63) is 0 Å². The largest absolute Gasteiger partial charge is 0.409 e. The first kappa shape index (κ1) is 17.2. The number of nitrogens with two attached hydrogens (primary N) is 1. The number of nitrogens with zero attached hydrogens (tertiary/aromatic N) is 2. The average molecular weight is 285 g/mol. The molecule has 1 atom stereocenters. The summed E-state index contributed by atoms with van der Waals surface area (Å²) in [7, 11) is 2.18. The lowest BCUT2D eigenvalue weighted by Gasteiger charge is -2.27. The summed E-state index contributed by atoms with van der Waals surface area (Å²) >= 11 is 0. The van der Waals surface area contributed by atoms with E-state index in [1.165, 1.54) is 12.8 Å². The number of oxime groups is 1. The zero-order valence-electron chi connectivity index (χ0n) is 13.3. The summed E-state index contributed by atoms with van der Waals surface area (Å²) in [6, 6.07) is 0. The lowest BCUT2D eigenvalue weighted by Crippen LogP contribution is -2.33. The van der Waals surface area contributed by atoms with Crippen LogP contribution in [0, 0.1) is 11.3 Å². The van der Waals surface area contributed by atoms with Crippen LogP contribution in [-0.2, 0) is 4.74 Å². The Balaban J connectivity index is 2.14. The van der Waals surface area contributed by atoms with Crippen molar-refractivity contribution in [2.45, 2.75) is 46.0 Å². The quantitative estimate of drug-likeness (QED) is 0.236. The van der Waals surface area contributed by atoms with E-state index >= 15 is 0 Å². The fourth-order valence-electron chi connectivity index (χ4n) is 2.70. The number of amidine groups is 1. The molecule has 0 spiro atoms. The Morgan fingerprint density at radius 3 is 2.80 bits per heavy atom. The highest BCUT2D eigenvalue weighted by Gasteiger charge is 2.23. The first-order valence-corrected chi connectivity index (χ1v) is 7.70. The number of ether oxygens (including phenoxy) is 1. The molecule has 0 aromatic carbocycles. The Kier molecular flexibility index (Phi) is 7.30. The summed E-state index contributed by atoms with van der Waals surface area (Å²) in [5, 5.41) is 11.9. The van der Waals surface area contributed by atoms with Crippen molar-refractivity contribution in [3.63, 3.8) is 0 Å². The number of unbranched alkanes of at least 4 members (excludes halogenated alkanes) is 1. The van der Waals surface area contributed by atoms with E-state index in [0.29, 0.717) is 11.8 Å². The molecular formula is C15H31N3O2. The molecule has 1 rings (SSSR count). The van der Waals surface area contributed by atoms with Gasteiger partial charge in [-0.05, 0) is 45.2 Å². The van der Waals surface area contributed by atoms with Gasteiger partial charge in [-0.25, -0.2) is 0 Å². The minimum absolute atomic E-state index is 0.218. The summed E-state index contributed by atoms with van der Waals surface area (Å²) in [5.41, 5.74) is 5.47. The van der Waals surface area contributed by atoms with E-state index in [1.54, 1.807) is 0 Å². The molecule has 118 valence electrons. The third-order valence-electron chi connectivity index (χ3n) is 4.22. The van der Waals surface area contributed by atoms with E-state index in [1.807, 2.05) is 13.8 Å². The maximum Gasteiger partial charge on any atom is 0.144 e. The van der Waals surface area contributed by atoms with Gasteiger partial charge in [0, 0.05) is 18.6 Å². The maximum absolute atomic E-state index is 8.74. The first-order valence-electron chi connectivity index (χ1n) is 7.70. The van der Waals surface area contributed by atoms with Crippen LogP contribution in [0.25, 0.3) is 0 Å². The molecule has 1 aliphatic rings. The van der Waals surface area contributed by atoms with Crippen LogP contribution in [0.2, 0.25) is 0 Å². The van der Waals surface area contributed by atoms with Gasteiger partial charge in [-0.2, -0.15) is 0 Å². The van der Waals surface area contributed by atoms with Gasteiger partial charge in [-0.15, -0.1) is 0 Å². The molecule has 1 aliphatic heterocycles. The molecule has 0 aliphatic carbocycles. The molecule has 0 aromatic rings. The molecule has 0 aromatic heterocycles. The van der Waals surface area contributed by atoms with Crippen LogP contribution in [0.3, 0.4) is 0 Å². The van der Waals surface area contributed by atoms with Crippen LogP contribution in [0.4, 0.5) is 0 Å². The molecule has 1 heterocycles.